The quantitative estimate of drug-likeness (QED) is 0.845. The molecule has 7 nitrogen and oxygen atoms in total. The van der Waals surface area contributed by atoms with Crippen LogP contribution < -0.4 is 4.74 Å². The summed E-state index contributed by atoms with van der Waals surface area (Å²) >= 11 is 0. The van der Waals surface area contributed by atoms with E-state index in [2.05, 4.69) is 19.7 Å². The van der Waals surface area contributed by atoms with Crippen molar-refractivity contribution < 1.29 is 9.53 Å². The molecule has 1 fully saturated rings. The number of pyridine rings is 1. The number of carbonyl (C=O) groups excluding carboxylic acids is 1. The van der Waals surface area contributed by atoms with Gasteiger partial charge in [-0.3, -0.25) is 4.79 Å². The molecule has 1 amide bonds. The predicted molar refractivity (Wildman–Crippen MR) is 96.2 cm³/mol. The minimum absolute atomic E-state index is 0.0282. The second-order valence-electron chi connectivity index (χ2n) is 7.12. The van der Waals surface area contributed by atoms with Gasteiger partial charge in [-0.25, -0.2) is 4.98 Å². The summed E-state index contributed by atoms with van der Waals surface area (Å²) in [5.41, 5.74) is 0.603. The highest BCUT2D eigenvalue weighted by Gasteiger charge is 2.30. The molecule has 26 heavy (non-hydrogen) atoms. The Kier molecular flexibility index (Phi) is 4.86. The van der Waals surface area contributed by atoms with Gasteiger partial charge in [-0.05, 0) is 31.7 Å². The molecule has 2 aliphatic heterocycles. The van der Waals surface area contributed by atoms with Crippen LogP contribution in [0.1, 0.15) is 60.0 Å². The predicted octanol–water partition coefficient (Wildman–Crippen LogP) is 2.43. The fraction of sp³-hybridized carbons (Fsp3) is 0.579. The van der Waals surface area contributed by atoms with Crippen LogP contribution >= 0.6 is 0 Å². The van der Waals surface area contributed by atoms with E-state index in [4.69, 9.17) is 4.74 Å². The zero-order valence-corrected chi connectivity index (χ0v) is 15.2. The highest BCUT2D eigenvalue weighted by atomic mass is 16.5. The molecular weight excluding hydrogens is 330 g/mol. The third-order valence-corrected chi connectivity index (χ3v) is 5.40. The van der Waals surface area contributed by atoms with E-state index in [-0.39, 0.29) is 11.8 Å². The number of hydrogen-bond donors (Lipinski definition) is 0. The Morgan fingerprint density at radius 2 is 2.08 bits per heavy atom. The maximum absolute atomic E-state index is 12.9. The standard InChI is InChI=1S/C19H25N5O2/c1-26-17-9-8-14(12-20-17)19(25)23-10-5-6-15(13-23)18-22-21-16-7-3-2-4-11-24(16)18/h8-9,12,15H,2-7,10-11,13H2,1H3. The van der Waals surface area contributed by atoms with Crippen molar-refractivity contribution in [2.24, 2.45) is 0 Å². The summed E-state index contributed by atoms with van der Waals surface area (Å²) < 4.78 is 7.38. The van der Waals surface area contributed by atoms with Crippen LogP contribution in [0.3, 0.4) is 0 Å². The molecule has 1 saturated heterocycles. The molecule has 0 aliphatic carbocycles. The highest BCUT2D eigenvalue weighted by molar-refractivity contribution is 5.94. The van der Waals surface area contributed by atoms with Crippen LogP contribution in [0.4, 0.5) is 0 Å². The van der Waals surface area contributed by atoms with Crippen LogP contribution in [0.25, 0.3) is 0 Å². The van der Waals surface area contributed by atoms with Gasteiger partial charge in [-0.2, -0.15) is 0 Å². The Labute approximate surface area is 153 Å². The van der Waals surface area contributed by atoms with Crippen LogP contribution in [-0.4, -0.2) is 50.8 Å². The molecule has 2 aromatic heterocycles. The molecule has 2 aliphatic rings. The molecule has 138 valence electrons. The van der Waals surface area contributed by atoms with Gasteiger partial charge in [-0.1, -0.05) is 6.42 Å². The number of piperidine rings is 1. The van der Waals surface area contributed by atoms with E-state index in [1.54, 1.807) is 25.4 Å². The number of likely N-dealkylation sites (tertiary alicyclic amines) is 1. The number of carbonyl (C=O) groups is 1. The maximum atomic E-state index is 12.9. The largest absolute Gasteiger partial charge is 0.481 e. The summed E-state index contributed by atoms with van der Waals surface area (Å²) in [6.07, 6.45) is 8.28. The lowest BCUT2D eigenvalue weighted by molar-refractivity contribution is 0.0702. The Hall–Kier alpha value is -2.44. The van der Waals surface area contributed by atoms with Crippen molar-refractivity contribution >= 4 is 5.91 Å². The summed E-state index contributed by atoms with van der Waals surface area (Å²) in [5.74, 6) is 2.98. The van der Waals surface area contributed by atoms with Crippen molar-refractivity contribution in [1.29, 1.82) is 0 Å². The Morgan fingerprint density at radius 3 is 2.88 bits per heavy atom. The fourth-order valence-electron chi connectivity index (χ4n) is 3.99. The number of amides is 1. The first-order chi connectivity index (χ1) is 12.8. The van der Waals surface area contributed by atoms with Crippen LogP contribution in [0.15, 0.2) is 18.3 Å². The Bertz CT molecular complexity index is 771. The van der Waals surface area contributed by atoms with E-state index in [9.17, 15) is 4.79 Å². The Balaban J connectivity index is 1.50. The number of aromatic nitrogens is 4. The van der Waals surface area contributed by atoms with E-state index >= 15 is 0 Å². The molecule has 2 aromatic rings. The molecule has 0 N–H and O–H groups in total. The Morgan fingerprint density at radius 1 is 1.15 bits per heavy atom. The number of hydrogen-bond acceptors (Lipinski definition) is 5. The molecule has 0 aromatic carbocycles. The molecule has 0 saturated carbocycles. The topological polar surface area (TPSA) is 73.1 Å². The van der Waals surface area contributed by atoms with Gasteiger partial charge in [-0.15, -0.1) is 10.2 Å². The third-order valence-electron chi connectivity index (χ3n) is 5.40. The third kappa shape index (κ3) is 3.30. The minimum atomic E-state index is 0.0282. The van der Waals surface area contributed by atoms with Crippen molar-refractivity contribution in [1.82, 2.24) is 24.6 Å². The molecular formula is C19H25N5O2. The number of aryl methyl sites for hydroxylation is 1. The second-order valence-corrected chi connectivity index (χ2v) is 7.12. The maximum Gasteiger partial charge on any atom is 0.255 e. The molecule has 0 bridgehead atoms. The van der Waals surface area contributed by atoms with Crippen molar-refractivity contribution in [3.8, 4) is 5.88 Å². The lowest BCUT2D eigenvalue weighted by Crippen LogP contribution is -2.39. The van der Waals surface area contributed by atoms with E-state index in [0.717, 1.165) is 44.0 Å². The van der Waals surface area contributed by atoms with Crippen molar-refractivity contribution in [3.05, 3.63) is 35.5 Å². The lowest BCUT2D eigenvalue weighted by atomic mass is 9.96. The molecule has 0 spiro atoms. The molecule has 1 atom stereocenters. The number of rotatable bonds is 3. The van der Waals surface area contributed by atoms with Gasteiger partial charge in [0.05, 0.1) is 12.7 Å². The zero-order valence-electron chi connectivity index (χ0n) is 15.2. The number of ether oxygens (including phenoxy) is 1. The fourth-order valence-corrected chi connectivity index (χ4v) is 3.99. The first-order valence-electron chi connectivity index (χ1n) is 9.47. The van der Waals surface area contributed by atoms with Crippen molar-refractivity contribution in [2.45, 2.75) is 51.0 Å². The SMILES string of the molecule is COc1ccc(C(=O)N2CCCC(c3nnc4n3CCCCC4)C2)cn1. The van der Waals surface area contributed by atoms with Crippen LogP contribution in [0.2, 0.25) is 0 Å². The van der Waals surface area contributed by atoms with Crippen LogP contribution in [-0.2, 0) is 13.0 Å². The van der Waals surface area contributed by atoms with Gasteiger partial charge >= 0.3 is 0 Å². The van der Waals surface area contributed by atoms with Crippen molar-refractivity contribution in [3.63, 3.8) is 0 Å². The van der Waals surface area contributed by atoms with Crippen LogP contribution in [0.5, 0.6) is 5.88 Å². The van der Waals surface area contributed by atoms with Gasteiger partial charge in [0.2, 0.25) is 5.88 Å². The monoisotopic (exact) mass is 355 g/mol. The summed E-state index contributed by atoms with van der Waals surface area (Å²) in [4.78, 5) is 18.9. The first-order valence-corrected chi connectivity index (χ1v) is 9.47. The lowest BCUT2D eigenvalue weighted by Gasteiger charge is -2.32. The highest BCUT2D eigenvalue weighted by Crippen LogP contribution is 2.28. The number of methoxy groups -OCH3 is 1. The van der Waals surface area contributed by atoms with E-state index in [1.165, 1.54) is 19.3 Å². The van der Waals surface area contributed by atoms with E-state index in [0.29, 0.717) is 18.0 Å². The smallest absolute Gasteiger partial charge is 0.255 e. The number of nitrogens with zero attached hydrogens (tertiary/aromatic N) is 5. The van der Waals surface area contributed by atoms with Crippen molar-refractivity contribution in [2.75, 3.05) is 20.2 Å². The first kappa shape index (κ1) is 17.0. The van der Waals surface area contributed by atoms with Crippen LogP contribution in [0, 0.1) is 0 Å². The number of fused-ring (bicyclic) bond motifs is 1. The molecule has 0 radical (unpaired) electrons. The average Bonchev–Trinajstić information content (AvgIpc) is 2.96. The normalized spacial score (nSPS) is 20.3. The summed E-state index contributed by atoms with van der Waals surface area (Å²) in [6.45, 7) is 2.48. The second kappa shape index (κ2) is 7.43. The van der Waals surface area contributed by atoms with E-state index < -0.39 is 0 Å². The molecule has 1 unspecified atom stereocenters. The van der Waals surface area contributed by atoms with E-state index in [1.807, 2.05) is 4.90 Å². The van der Waals surface area contributed by atoms with Gasteiger partial charge in [0.25, 0.3) is 5.91 Å². The zero-order chi connectivity index (χ0) is 17.9. The van der Waals surface area contributed by atoms with Gasteiger partial charge < -0.3 is 14.2 Å². The van der Waals surface area contributed by atoms with Gasteiger partial charge in [0.1, 0.15) is 11.6 Å². The molecule has 4 rings (SSSR count). The van der Waals surface area contributed by atoms with Gasteiger partial charge in [0, 0.05) is 44.2 Å². The average molecular weight is 355 g/mol. The minimum Gasteiger partial charge on any atom is -0.481 e. The molecule has 4 heterocycles. The summed E-state index contributed by atoms with van der Waals surface area (Å²) in [7, 11) is 1.57. The van der Waals surface area contributed by atoms with Gasteiger partial charge in [0.15, 0.2) is 0 Å². The summed E-state index contributed by atoms with van der Waals surface area (Å²) in [6, 6.07) is 3.51. The summed E-state index contributed by atoms with van der Waals surface area (Å²) in [5, 5.41) is 8.92. The molecule has 7 heteroatoms.